The van der Waals surface area contributed by atoms with E-state index in [0.29, 0.717) is 13.2 Å². The summed E-state index contributed by atoms with van der Waals surface area (Å²) in [6.07, 6.45) is 0. The van der Waals surface area contributed by atoms with E-state index in [0.717, 1.165) is 5.75 Å². The maximum Gasteiger partial charge on any atom is 0.122 e. The van der Waals surface area contributed by atoms with Gasteiger partial charge in [-0.25, -0.2) is 0 Å². The standard InChI is InChI=1S/C16H25NO2/c1-10-7-13(18-6)11(2)12(3)14(10)16(8-19-9-16)15(4,5)17/h7H,8-9,17H2,1-6H3. The number of methoxy groups -OCH3 is 1. The SMILES string of the molecule is COc1cc(C)c(C2(C(C)(C)N)COC2)c(C)c1C. The molecule has 0 amide bonds. The summed E-state index contributed by atoms with van der Waals surface area (Å²) >= 11 is 0. The molecular weight excluding hydrogens is 238 g/mol. The lowest BCUT2D eigenvalue weighted by Crippen LogP contribution is -2.65. The molecule has 0 bridgehead atoms. The summed E-state index contributed by atoms with van der Waals surface area (Å²) in [5.74, 6) is 0.948. The van der Waals surface area contributed by atoms with Crippen molar-refractivity contribution in [2.24, 2.45) is 5.73 Å². The third kappa shape index (κ3) is 1.96. The first kappa shape index (κ1) is 14.4. The van der Waals surface area contributed by atoms with Crippen LogP contribution in [0.15, 0.2) is 6.07 Å². The van der Waals surface area contributed by atoms with Crippen molar-refractivity contribution in [3.05, 3.63) is 28.3 Å². The molecule has 3 nitrogen and oxygen atoms in total. The molecule has 0 aliphatic carbocycles. The van der Waals surface area contributed by atoms with E-state index in [1.165, 1.54) is 22.3 Å². The second-order valence-corrected chi connectivity index (χ2v) is 6.32. The van der Waals surface area contributed by atoms with E-state index in [9.17, 15) is 0 Å². The van der Waals surface area contributed by atoms with Gasteiger partial charge in [-0.05, 0) is 62.9 Å². The van der Waals surface area contributed by atoms with Gasteiger partial charge < -0.3 is 15.2 Å². The quantitative estimate of drug-likeness (QED) is 0.911. The fourth-order valence-corrected chi connectivity index (χ4v) is 3.14. The number of hydrogen-bond donors (Lipinski definition) is 1. The maximum atomic E-state index is 6.45. The molecule has 19 heavy (non-hydrogen) atoms. The highest BCUT2D eigenvalue weighted by Crippen LogP contribution is 2.45. The summed E-state index contributed by atoms with van der Waals surface area (Å²) in [4.78, 5) is 0. The van der Waals surface area contributed by atoms with Crippen LogP contribution in [0.1, 0.15) is 36.1 Å². The Labute approximate surface area is 116 Å². The zero-order valence-corrected chi connectivity index (χ0v) is 12.9. The first-order chi connectivity index (χ1) is 8.74. The van der Waals surface area contributed by atoms with Gasteiger partial charge in [0.2, 0.25) is 0 Å². The number of rotatable bonds is 3. The molecule has 1 fully saturated rings. The van der Waals surface area contributed by atoms with Gasteiger partial charge in [0.05, 0.1) is 25.7 Å². The van der Waals surface area contributed by atoms with Crippen molar-refractivity contribution in [3.8, 4) is 5.75 Å². The molecule has 0 spiro atoms. The lowest BCUT2D eigenvalue weighted by molar-refractivity contribution is -0.0925. The van der Waals surface area contributed by atoms with Crippen LogP contribution in [0.25, 0.3) is 0 Å². The zero-order valence-electron chi connectivity index (χ0n) is 12.9. The van der Waals surface area contributed by atoms with E-state index in [1.54, 1.807) is 7.11 Å². The van der Waals surface area contributed by atoms with Crippen LogP contribution in [-0.4, -0.2) is 25.9 Å². The summed E-state index contributed by atoms with van der Waals surface area (Å²) in [6, 6.07) is 2.11. The molecule has 1 heterocycles. The molecule has 0 radical (unpaired) electrons. The van der Waals surface area contributed by atoms with Crippen LogP contribution in [-0.2, 0) is 10.2 Å². The van der Waals surface area contributed by atoms with Crippen molar-refractivity contribution in [1.29, 1.82) is 0 Å². The van der Waals surface area contributed by atoms with Gasteiger partial charge in [0.25, 0.3) is 0 Å². The minimum atomic E-state index is -0.304. The second kappa shape index (κ2) is 4.50. The van der Waals surface area contributed by atoms with E-state index < -0.39 is 0 Å². The van der Waals surface area contributed by atoms with E-state index in [1.807, 2.05) is 0 Å². The molecule has 1 aliphatic heterocycles. The average Bonchev–Trinajstić information content (AvgIpc) is 2.24. The Balaban J connectivity index is 2.66. The number of hydrogen-bond acceptors (Lipinski definition) is 3. The topological polar surface area (TPSA) is 44.5 Å². The van der Waals surface area contributed by atoms with Gasteiger partial charge >= 0.3 is 0 Å². The van der Waals surface area contributed by atoms with E-state index in [2.05, 4.69) is 40.7 Å². The van der Waals surface area contributed by atoms with Crippen LogP contribution in [0, 0.1) is 20.8 Å². The van der Waals surface area contributed by atoms with Gasteiger partial charge in [0, 0.05) is 5.54 Å². The van der Waals surface area contributed by atoms with Gasteiger partial charge in [-0.3, -0.25) is 0 Å². The minimum absolute atomic E-state index is 0.0851. The van der Waals surface area contributed by atoms with Crippen molar-refractivity contribution in [1.82, 2.24) is 0 Å². The Hall–Kier alpha value is -1.06. The van der Waals surface area contributed by atoms with Crippen molar-refractivity contribution < 1.29 is 9.47 Å². The first-order valence-electron chi connectivity index (χ1n) is 6.76. The number of nitrogens with two attached hydrogens (primary N) is 1. The van der Waals surface area contributed by atoms with Gasteiger partial charge in [-0.2, -0.15) is 0 Å². The van der Waals surface area contributed by atoms with Gasteiger partial charge in [-0.1, -0.05) is 0 Å². The summed E-state index contributed by atoms with van der Waals surface area (Å²) in [6.45, 7) is 12.0. The first-order valence-corrected chi connectivity index (χ1v) is 6.76. The van der Waals surface area contributed by atoms with Crippen LogP contribution < -0.4 is 10.5 Å². The molecule has 1 saturated heterocycles. The maximum absolute atomic E-state index is 6.45. The minimum Gasteiger partial charge on any atom is -0.496 e. The van der Waals surface area contributed by atoms with E-state index in [-0.39, 0.29) is 11.0 Å². The van der Waals surface area contributed by atoms with E-state index in [4.69, 9.17) is 15.2 Å². The molecule has 106 valence electrons. The second-order valence-electron chi connectivity index (χ2n) is 6.32. The number of ether oxygens (including phenoxy) is 2. The van der Waals surface area contributed by atoms with Crippen LogP contribution in [0.4, 0.5) is 0 Å². The molecule has 0 unspecified atom stereocenters. The Kier molecular flexibility index (Phi) is 3.40. The van der Waals surface area contributed by atoms with Gasteiger partial charge in [-0.15, -0.1) is 0 Å². The van der Waals surface area contributed by atoms with Crippen molar-refractivity contribution in [2.45, 2.75) is 45.6 Å². The third-order valence-electron chi connectivity index (χ3n) is 4.68. The van der Waals surface area contributed by atoms with Crippen LogP contribution >= 0.6 is 0 Å². The fraction of sp³-hybridized carbons (Fsp3) is 0.625. The molecule has 0 atom stereocenters. The molecule has 1 aromatic carbocycles. The summed E-state index contributed by atoms with van der Waals surface area (Å²) in [5.41, 5.74) is 11.1. The zero-order chi connectivity index (χ0) is 14.4. The highest BCUT2D eigenvalue weighted by molar-refractivity contribution is 5.53. The Bertz CT molecular complexity index is 496. The van der Waals surface area contributed by atoms with Crippen molar-refractivity contribution >= 4 is 0 Å². The molecule has 2 rings (SSSR count). The normalized spacial score (nSPS) is 18.1. The monoisotopic (exact) mass is 263 g/mol. The Morgan fingerprint density at radius 3 is 2.16 bits per heavy atom. The largest absolute Gasteiger partial charge is 0.496 e. The van der Waals surface area contributed by atoms with E-state index >= 15 is 0 Å². The number of benzene rings is 1. The predicted molar refractivity (Wildman–Crippen MR) is 78.0 cm³/mol. The average molecular weight is 263 g/mol. The highest BCUT2D eigenvalue weighted by Gasteiger charge is 2.51. The predicted octanol–water partition coefficient (Wildman–Crippen LogP) is 2.63. The summed E-state index contributed by atoms with van der Waals surface area (Å²) in [7, 11) is 1.72. The fourth-order valence-electron chi connectivity index (χ4n) is 3.14. The summed E-state index contributed by atoms with van der Waals surface area (Å²) in [5, 5.41) is 0. The molecule has 2 N–H and O–H groups in total. The molecule has 0 aromatic heterocycles. The van der Waals surface area contributed by atoms with Gasteiger partial charge in [0.15, 0.2) is 0 Å². The molecule has 0 saturated carbocycles. The lowest BCUT2D eigenvalue weighted by Gasteiger charge is -2.52. The van der Waals surface area contributed by atoms with Crippen molar-refractivity contribution in [2.75, 3.05) is 20.3 Å². The molecular formula is C16H25NO2. The summed E-state index contributed by atoms with van der Waals surface area (Å²) < 4.78 is 11.0. The van der Waals surface area contributed by atoms with Crippen molar-refractivity contribution in [3.63, 3.8) is 0 Å². The lowest BCUT2D eigenvalue weighted by atomic mass is 9.63. The molecule has 1 aromatic rings. The Morgan fingerprint density at radius 2 is 1.79 bits per heavy atom. The molecule has 3 heteroatoms. The molecule has 1 aliphatic rings. The van der Waals surface area contributed by atoms with Gasteiger partial charge in [0.1, 0.15) is 5.75 Å². The highest BCUT2D eigenvalue weighted by atomic mass is 16.5. The van der Waals surface area contributed by atoms with Crippen LogP contribution in [0.3, 0.4) is 0 Å². The smallest absolute Gasteiger partial charge is 0.122 e. The van der Waals surface area contributed by atoms with Crippen LogP contribution in [0.5, 0.6) is 5.75 Å². The number of aryl methyl sites for hydroxylation is 1. The van der Waals surface area contributed by atoms with Crippen LogP contribution in [0.2, 0.25) is 0 Å². The third-order valence-corrected chi connectivity index (χ3v) is 4.68. The Morgan fingerprint density at radius 1 is 1.21 bits per heavy atom.